The summed E-state index contributed by atoms with van der Waals surface area (Å²) in [4.78, 5) is 0. The zero-order valence-electron chi connectivity index (χ0n) is 12.3. The fourth-order valence-electron chi connectivity index (χ4n) is 2.75. The van der Waals surface area contributed by atoms with Crippen LogP contribution in [0.1, 0.15) is 64.2 Å². The topological polar surface area (TPSA) is 51.0 Å². The van der Waals surface area contributed by atoms with Gasteiger partial charge in [-0.1, -0.05) is 39.5 Å². The van der Waals surface area contributed by atoms with Gasteiger partial charge in [0, 0.05) is 25.4 Å². The van der Waals surface area contributed by atoms with E-state index in [0.717, 1.165) is 37.1 Å². The second kappa shape index (κ2) is 7.63. The predicted octanol–water partition coefficient (Wildman–Crippen LogP) is 3.12. The van der Waals surface area contributed by atoms with E-state index in [1.54, 1.807) is 0 Å². The van der Waals surface area contributed by atoms with Crippen molar-refractivity contribution < 1.29 is 4.42 Å². The standard InChI is InChI=1S/C15H27N3O/c1-12(2)16-10-9-14-17-18-15(19-14)11-13-7-5-3-4-6-8-13/h12-13,16H,3-11H2,1-2H3. The molecule has 0 aliphatic heterocycles. The van der Waals surface area contributed by atoms with Crippen LogP contribution in [0, 0.1) is 5.92 Å². The molecule has 4 nitrogen and oxygen atoms in total. The third kappa shape index (κ3) is 5.31. The van der Waals surface area contributed by atoms with Gasteiger partial charge in [-0.05, 0) is 18.8 Å². The molecule has 1 aliphatic carbocycles. The van der Waals surface area contributed by atoms with Crippen molar-refractivity contribution in [2.24, 2.45) is 5.92 Å². The highest BCUT2D eigenvalue weighted by Crippen LogP contribution is 2.25. The molecule has 1 aromatic rings. The number of rotatable bonds is 6. The van der Waals surface area contributed by atoms with Gasteiger partial charge in [-0.2, -0.15) is 0 Å². The molecule has 1 heterocycles. The lowest BCUT2D eigenvalue weighted by molar-refractivity contribution is 0.377. The van der Waals surface area contributed by atoms with Crippen LogP contribution in [-0.4, -0.2) is 22.8 Å². The van der Waals surface area contributed by atoms with E-state index >= 15 is 0 Å². The van der Waals surface area contributed by atoms with Crippen LogP contribution in [-0.2, 0) is 12.8 Å². The third-order valence-corrected chi connectivity index (χ3v) is 3.84. The SMILES string of the molecule is CC(C)NCCc1nnc(CC2CCCCCC2)o1. The summed E-state index contributed by atoms with van der Waals surface area (Å²) in [6.07, 6.45) is 9.98. The second-order valence-electron chi connectivity index (χ2n) is 6.01. The van der Waals surface area contributed by atoms with Crippen molar-refractivity contribution in [1.29, 1.82) is 0 Å². The maximum Gasteiger partial charge on any atom is 0.217 e. The van der Waals surface area contributed by atoms with Crippen molar-refractivity contribution in [3.05, 3.63) is 11.8 Å². The van der Waals surface area contributed by atoms with Gasteiger partial charge in [-0.25, -0.2) is 0 Å². The van der Waals surface area contributed by atoms with Crippen LogP contribution in [0.25, 0.3) is 0 Å². The monoisotopic (exact) mass is 265 g/mol. The molecule has 1 aliphatic rings. The zero-order chi connectivity index (χ0) is 13.5. The van der Waals surface area contributed by atoms with Crippen molar-refractivity contribution in [3.63, 3.8) is 0 Å². The maximum absolute atomic E-state index is 5.75. The quantitative estimate of drug-likeness (QED) is 0.803. The fraction of sp³-hybridized carbons (Fsp3) is 0.867. The molecule has 1 N–H and O–H groups in total. The van der Waals surface area contributed by atoms with E-state index in [0.29, 0.717) is 6.04 Å². The van der Waals surface area contributed by atoms with Gasteiger partial charge in [0.15, 0.2) is 0 Å². The molecule has 4 heteroatoms. The van der Waals surface area contributed by atoms with Crippen LogP contribution in [0.5, 0.6) is 0 Å². The molecule has 0 unspecified atom stereocenters. The molecule has 1 saturated carbocycles. The highest BCUT2D eigenvalue weighted by Gasteiger charge is 2.16. The van der Waals surface area contributed by atoms with Gasteiger partial charge in [0.1, 0.15) is 0 Å². The summed E-state index contributed by atoms with van der Waals surface area (Å²) in [5.41, 5.74) is 0. The van der Waals surface area contributed by atoms with Crippen LogP contribution >= 0.6 is 0 Å². The molecule has 0 atom stereocenters. The number of nitrogens with one attached hydrogen (secondary N) is 1. The van der Waals surface area contributed by atoms with E-state index in [1.807, 2.05) is 0 Å². The van der Waals surface area contributed by atoms with Crippen LogP contribution in [0.4, 0.5) is 0 Å². The first-order valence-electron chi connectivity index (χ1n) is 7.78. The minimum absolute atomic E-state index is 0.508. The van der Waals surface area contributed by atoms with Gasteiger partial charge in [0.2, 0.25) is 11.8 Å². The lowest BCUT2D eigenvalue weighted by atomic mass is 9.97. The molecular weight excluding hydrogens is 238 g/mol. The van der Waals surface area contributed by atoms with Crippen LogP contribution in [0.15, 0.2) is 4.42 Å². The molecule has 0 spiro atoms. The first kappa shape index (κ1) is 14.5. The molecule has 108 valence electrons. The maximum atomic E-state index is 5.75. The van der Waals surface area contributed by atoms with Crippen molar-refractivity contribution in [3.8, 4) is 0 Å². The summed E-state index contributed by atoms with van der Waals surface area (Å²) in [6.45, 7) is 5.19. The van der Waals surface area contributed by atoms with Crippen LogP contribution < -0.4 is 5.32 Å². The van der Waals surface area contributed by atoms with Gasteiger partial charge >= 0.3 is 0 Å². The molecule has 1 fully saturated rings. The summed E-state index contributed by atoms with van der Waals surface area (Å²) in [5, 5.41) is 11.7. The third-order valence-electron chi connectivity index (χ3n) is 3.84. The lowest BCUT2D eigenvalue weighted by Crippen LogP contribution is -2.25. The number of aromatic nitrogens is 2. The smallest absolute Gasteiger partial charge is 0.217 e. The minimum Gasteiger partial charge on any atom is -0.425 e. The highest BCUT2D eigenvalue weighted by molar-refractivity contribution is 4.85. The van der Waals surface area contributed by atoms with E-state index in [2.05, 4.69) is 29.4 Å². The van der Waals surface area contributed by atoms with Gasteiger partial charge in [-0.15, -0.1) is 10.2 Å². The Balaban J connectivity index is 1.76. The van der Waals surface area contributed by atoms with Crippen molar-refractivity contribution >= 4 is 0 Å². The molecule has 0 amide bonds. The highest BCUT2D eigenvalue weighted by atomic mass is 16.4. The number of hydrogen-bond acceptors (Lipinski definition) is 4. The average molecular weight is 265 g/mol. The fourth-order valence-corrected chi connectivity index (χ4v) is 2.75. The first-order chi connectivity index (χ1) is 9.24. The summed E-state index contributed by atoms with van der Waals surface area (Å²) >= 11 is 0. The molecule has 0 bridgehead atoms. The zero-order valence-corrected chi connectivity index (χ0v) is 12.3. The Morgan fingerprint density at radius 3 is 2.47 bits per heavy atom. The largest absolute Gasteiger partial charge is 0.425 e. The second-order valence-corrected chi connectivity index (χ2v) is 6.01. The molecule has 0 saturated heterocycles. The van der Waals surface area contributed by atoms with E-state index in [9.17, 15) is 0 Å². The normalized spacial score (nSPS) is 17.8. The Morgan fingerprint density at radius 1 is 1.11 bits per heavy atom. The Hall–Kier alpha value is -0.900. The Labute approximate surface area is 116 Å². The van der Waals surface area contributed by atoms with Crippen molar-refractivity contribution in [2.75, 3.05) is 6.54 Å². The van der Waals surface area contributed by atoms with Gasteiger partial charge < -0.3 is 9.73 Å². The summed E-state index contributed by atoms with van der Waals surface area (Å²) < 4.78 is 5.75. The molecule has 1 aromatic heterocycles. The summed E-state index contributed by atoms with van der Waals surface area (Å²) in [7, 11) is 0. The first-order valence-corrected chi connectivity index (χ1v) is 7.78. The molecule has 0 aromatic carbocycles. The van der Waals surface area contributed by atoms with E-state index in [-0.39, 0.29) is 0 Å². The molecular formula is C15H27N3O. The van der Waals surface area contributed by atoms with Crippen molar-refractivity contribution in [1.82, 2.24) is 15.5 Å². The summed E-state index contributed by atoms with van der Waals surface area (Å²) in [6, 6.07) is 0.508. The van der Waals surface area contributed by atoms with E-state index in [1.165, 1.54) is 38.5 Å². The van der Waals surface area contributed by atoms with Crippen molar-refractivity contribution in [2.45, 2.75) is 71.3 Å². The lowest BCUT2D eigenvalue weighted by Gasteiger charge is -2.10. The number of hydrogen-bond donors (Lipinski definition) is 1. The van der Waals surface area contributed by atoms with Crippen LogP contribution in [0.2, 0.25) is 0 Å². The van der Waals surface area contributed by atoms with Gasteiger partial charge in [-0.3, -0.25) is 0 Å². The predicted molar refractivity (Wildman–Crippen MR) is 76.0 cm³/mol. The Bertz CT molecular complexity index is 354. The Morgan fingerprint density at radius 2 is 1.79 bits per heavy atom. The van der Waals surface area contributed by atoms with Crippen LogP contribution in [0.3, 0.4) is 0 Å². The molecule has 0 radical (unpaired) electrons. The average Bonchev–Trinajstić information content (AvgIpc) is 2.65. The van der Waals surface area contributed by atoms with Gasteiger partial charge in [0.05, 0.1) is 0 Å². The van der Waals surface area contributed by atoms with E-state index in [4.69, 9.17) is 4.42 Å². The number of nitrogens with zero attached hydrogens (tertiary/aromatic N) is 2. The summed E-state index contributed by atoms with van der Waals surface area (Å²) in [5.74, 6) is 2.37. The van der Waals surface area contributed by atoms with Gasteiger partial charge in [0.25, 0.3) is 0 Å². The van der Waals surface area contributed by atoms with E-state index < -0.39 is 0 Å². The molecule has 19 heavy (non-hydrogen) atoms. The molecule has 2 rings (SSSR count). The Kier molecular flexibility index (Phi) is 5.83. The minimum atomic E-state index is 0.508.